The highest BCUT2D eigenvalue weighted by Gasteiger charge is 2.35. The predicted octanol–water partition coefficient (Wildman–Crippen LogP) is 7.42. The van der Waals surface area contributed by atoms with Crippen molar-refractivity contribution in [3.05, 3.63) is 48.4 Å². The lowest BCUT2D eigenvalue weighted by atomic mass is 9.70. The molecule has 2 aromatic carbocycles. The van der Waals surface area contributed by atoms with Gasteiger partial charge >= 0.3 is 6.36 Å². The Kier molecular flexibility index (Phi) is 5.92. The van der Waals surface area contributed by atoms with Gasteiger partial charge in [0.05, 0.1) is 11.0 Å². The minimum absolute atomic E-state index is 0.175. The van der Waals surface area contributed by atoms with Crippen LogP contribution in [0.2, 0.25) is 0 Å². The number of alkyl halides is 3. The number of anilines is 2. The molecule has 7 nitrogen and oxygen atoms in total. The Balaban J connectivity index is 1.54. The van der Waals surface area contributed by atoms with Gasteiger partial charge in [0.1, 0.15) is 5.75 Å². The lowest BCUT2D eigenvalue weighted by molar-refractivity contribution is -0.274. The number of benzene rings is 2. The molecule has 10 heteroatoms. The summed E-state index contributed by atoms with van der Waals surface area (Å²) in [6, 6.07) is 11.7. The van der Waals surface area contributed by atoms with Crippen LogP contribution < -0.4 is 10.1 Å². The summed E-state index contributed by atoms with van der Waals surface area (Å²) >= 11 is 0. The molecular formula is C26H28F3N5O2. The van der Waals surface area contributed by atoms with E-state index in [0.29, 0.717) is 29.3 Å². The summed E-state index contributed by atoms with van der Waals surface area (Å²) < 4.78 is 49.5. The molecule has 1 saturated carbocycles. The first-order valence-corrected chi connectivity index (χ1v) is 11.9. The number of aromatic nitrogens is 4. The van der Waals surface area contributed by atoms with Gasteiger partial charge < -0.3 is 19.0 Å². The van der Waals surface area contributed by atoms with E-state index >= 15 is 0 Å². The molecule has 1 aliphatic rings. The Morgan fingerprint density at radius 2 is 1.83 bits per heavy atom. The zero-order valence-corrected chi connectivity index (χ0v) is 20.6. The first-order chi connectivity index (χ1) is 17.0. The molecule has 5 rings (SSSR count). The number of ether oxygens (including phenoxy) is 1. The average molecular weight is 500 g/mol. The molecule has 1 fully saturated rings. The SMILES string of the molecule is Cc1nnc(-c2ccc3c(c2)nc(Nc2ccc(OC(F)(F)F)cc2)n3[C@@H]2C[C@H](C)CC(C)(C)C2)o1. The third-order valence-corrected chi connectivity index (χ3v) is 6.54. The van der Waals surface area contributed by atoms with Gasteiger partial charge in [0.15, 0.2) is 0 Å². The lowest BCUT2D eigenvalue weighted by Crippen LogP contribution is -2.29. The van der Waals surface area contributed by atoms with Crippen LogP contribution >= 0.6 is 0 Å². The van der Waals surface area contributed by atoms with Crippen molar-refractivity contribution in [3.63, 3.8) is 0 Å². The number of hydrogen-bond acceptors (Lipinski definition) is 6. The van der Waals surface area contributed by atoms with Crippen LogP contribution in [0.3, 0.4) is 0 Å². The molecule has 2 heterocycles. The molecule has 0 aliphatic heterocycles. The summed E-state index contributed by atoms with van der Waals surface area (Å²) in [6.07, 6.45) is -1.59. The maximum absolute atomic E-state index is 12.6. The highest BCUT2D eigenvalue weighted by Crippen LogP contribution is 2.46. The number of aryl methyl sites for hydroxylation is 1. The van der Waals surface area contributed by atoms with Gasteiger partial charge in [-0.1, -0.05) is 20.8 Å². The Morgan fingerprint density at radius 3 is 2.47 bits per heavy atom. The molecule has 190 valence electrons. The van der Waals surface area contributed by atoms with Crippen molar-refractivity contribution in [2.24, 2.45) is 11.3 Å². The second-order valence-corrected chi connectivity index (χ2v) is 10.4. The van der Waals surface area contributed by atoms with Gasteiger partial charge in [0, 0.05) is 24.2 Å². The second-order valence-electron chi connectivity index (χ2n) is 10.4. The summed E-state index contributed by atoms with van der Waals surface area (Å²) in [5.41, 5.74) is 3.28. The predicted molar refractivity (Wildman–Crippen MR) is 130 cm³/mol. The maximum Gasteiger partial charge on any atom is 0.573 e. The van der Waals surface area contributed by atoms with E-state index in [-0.39, 0.29) is 17.2 Å². The molecule has 2 atom stereocenters. The highest BCUT2D eigenvalue weighted by molar-refractivity contribution is 5.84. The van der Waals surface area contributed by atoms with Crippen molar-refractivity contribution >= 4 is 22.7 Å². The van der Waals surface area contributed by atoms with E-state index in [4.69, 9.17) is 9.40 Å². The van der Waals surface area contributed by atoms with E-state index in [1.165, 1.54) is 12.1 Å². The van der Waals surface area contributed by atoms with Crippen LogP contribution in [-0.4, -0.2) is 26.1 Å². The highest BCUT2D eigenvalue weighted by atomic mass is 19.4. The molecule has 1 N–H and O–H groups in total. The number of imidazole rings is 1. The van der Waals surface area contributed by atoms with Crippen molar-refractivity contribution in [3.8, 4) is 17.2 Å². The molecule has 0 spiro atoms. The second kappa shape index (κ2) is 8.83. The standard InChI is InChI=1S/C26H28F3N5O2/c1-15-11-19(14-25(3,4)13-15)34-22-10-5-17(23-33-32-16(2)35-23)12-21(22)31-24(34)30-18-6-8-20(9-7-18)36-26(27,28)29/h5-10,12,15,19H,11,13-14H2,1-4H3,(H,30,31)/t15-,19+/m0/s1. The molecule has 0 bridgehead atoms. The molecule has 0 unspecified atom stereocenters. The topological polar surface area (TPSA) is 78.0 Å². The summed E-state index contributed by atoms with van der Waals surface area (Å²) in [5.74, 6) is 1.80. The first-order valence-electron chi connectivity index (χ1n) is 11.9. The number of nitrogens with zero attached hydrogens (tertiary/aromatic N) is 4. The largest absolute Gasteiger partial charge is 0.573 e. The van der Waals surface area contributed by atoms with E-state index in [0.717, 1.165) is 35.9 Å². The van der Waals surface area contributed by atoms with E-state index in [1.54, 1.807) is 19.1 Å². The first kappa shape index (κ1) is 24.1. The smallest absolute Gasteiger partial charge is 0.421 e. The Bertz CT molecular complexity index is 1370. The molecule has 2 aromatic heterocycles. The molecule has 36 heavy (non-hydrogen) atoms. The maximum atomic E-state index is 12.6. The van der Waals surface area contributed by atoms with Gasteiger partial charge in [-0.25, -0.2) is 4.98 Å². The van der Waals surface area contributed by atoms with E-state index < -0.39 is 6.36 Å². The minimum atomic E-state index is -4.73. The summed E-state index contributed by atoms with van der Waals surface area (Å²) in [5, 5.41) is 11.3. The van der Waals surface area contributed by atoms with Crippen molar-refractivity contribution < 1.29 is 22.3 Å². The third-order valence-electron chi connectivity index (χ3n) is 6.54. The molecule has 0 amide bonds. The van der Waals surface area contributed by atoms with Gasteiger partial charge in [0.25, 0.3) is 0 Å². The fourth-order valence-electron chi connectivity index (χ4n) is 5.46. The number of nitrogens with one attached hydrogen (secondary N) is 1. The van der Waals surface area contributed by atoms with Crippen molar-refractivity contribution in [2.75, 3.05) is 5.32 Å². The van der Waals surface area contributed by atoms with Crippen molar-refractivity contribution in [1.29, 1.82) is 0 Å². The van der Waals surface area contributed by atoms with E-state index in [9.17, 15) is 13.2 Å². The van der Waals surface area contributed by atoms with E-state index in [1.807, 2.05) is 18.2 Å². The van der Waals surface area contributed by atoms with Gasteiger partial charge in [0.2, 0.25) is 17.7 Å². The Hall–Kier alpha value is -3.56. The molecule has 0 saturated heterocycles. The van der Waals surface area contributed by atoms with Crippen LogP contribution in [0, 0.1) is 18.3 Å². The number of fused-ring (bicyclic) bond motifs is 1. The fourth-order valence-corrected chi connectivity index (χ4v) is 5.46. The van der Waals surface area contributed by atoms with Crippen LogP contribution in [-0.2, 0) is 0 Å². The van der Waals surface area contributed by atoms with Gasteiger partial charge in [-0.05, 0) is 73.1 Å². The van der Waals surface area contributed by atoms with E-state index in [2.05, 4.69) is 45.6 Å². The van der Waals surface area contributed by atoms with Crippen LogP contribution in [0.4, 0.5) is 24.8 Å². The normalized spacial score (nSPS) is 20.0. The monoisotopic (exact) mass is 499 g/mol. The van der Waals surface area contributed by atoms with Gasteiger partial charge in [-0.2, -0.15) is 0 Å². The Morgan fingerprint density at radius 1 is 1.08 bits per heavy atom. The molecule has 4 aromatic rings. The third kappa shape index (κ3) is 5.17. The Labute approximate surface area is 206 Å². The average Bonchev–Trinajstić information content (AvgIpc) is 3.35. The molecule has 1 aliphatic carbocycles. The number of hydrogen-bond donors (Lipinski definition) is 1. The molecule has 0 radical (unpaired) electrons. The summed E-state index contributed by atoms with van der Waals surface area (Å²) in [7, 11) is 0. The fraction of sp³-hybridized carbons (Fsp3) is 0.423. The number of halogens is 3. The van der Waals surface area contributed by atoms with Crippen LogP contribution in [0.1, 0.15) is 52.0 Å². The quantitative estimate of drug-likeness (QED) is 0.308. The summed E-state index contributed by atoms with van der Waals surface area (Å²) in [4.78, 5) is 4.88. The van der Waals surface area contributed by atoms with Crippen molar-refractivity contribution in [2.45, 2.75) is 59.4 Å². The van der Waals surface area contributed by atoms with Gasteiger partial charge in [-0.3, -0.25) is 0 Å². The van der Waals surface area contributed by atoms with Crippen molar-refractivity contribution in [1.82, 2.24) is 19.7 Å². The van der Waals surface area contributed by atoms with Crippen LogP contribution in [0.25, 0.3) is 22.5 Å². The minimum Gasteiger partial charge on any atom is -0.421 e. The van der Waals surface area contributed by atoms with Crippen LogP contribution in [0.15, 0.2) is 46.9 Å². The van der Waals surface area contributed by atoms with Gasteiger partial charge in [-0.15, -0.1) is 23.4 Å². The van der Waals surface area contributed by atoms with Crippen LogP contribution in [0.5, 0.6) is 5.75 Å². The summed E-state index contributed by atoms with van der Waals surface area (Å²) in [6.45, 7) is 8.59. The lowest BCUT2D eigenvalue weighted by Gasteiger charge is -2.40. The molecular weight excluding hydrogens is 471 g/mol. The zero-order chi connectivity index (χ0) is 25.7. The number of rotatable bonds is 5. The zero-order valence-electron chi connectivity index (χ0n) is 20.6.